The second-order valence-corrected chi connectivity index (χ2v) is 6.06. The number of carbonyl (C=O) groups is 1. The Hall–Kier alpha value is -2.04. The van der Waals surface area contributed by atoms with Crippen LogP contribution in [-0.2, 0) is 4.79 Å². The summed E-state index contributed by atoms with van der Waals surface area (Å²) in [6.45, 7) is 2.27. The first-order chi connectivity index (χ1) is 11.6. The number of carbonyl (C=O) groups excluding carboxylic acids is 1. The molecule has 0 aliphatic carbocycles. The van der Waals surface area contributed by atoms with Gasteiger partial charge >= 0.3 is 0 Å². The zero-order chi connectivity index (χ0) is 17.2. The van der Waals surface area contributed by atoms with E-state index in [9.17, 15) is 4.79 Å². The monoisotopic (exact) mass is 346 g/mol. The van der Waals surface area contributed by atoms with Crippen LogP contribution in [0.4, 0.5) is 5.69 Å². The molecule has 0 aliphatic heterocycles. The molecule has 0 bridgehead atoms. The van der Waals surface area contributed by atoms with E-state index in [1.54, 1.807) is 24.3 Å². The van der Waals surface area contributed by atoms with Crippen molar-refractivity contribution in [3.05, 3.63) is 59.6 Å². The molecule has 2 rings (SSSR count). The van der Waals surface area contributed by atoms with Crippen molar-refractivity contribution in [3.8, 4) is 5.75 Å². The van der Waals surface area contributed by atoms with Crippen LogP contribution >= 0.6 is 11.6 Å². The molecule has 0 unspecified atom stereocenters. The molecule has 0 heterocycles. The molecule has 2 aromatic rings. The van der Waals surface area contributed by atoms with Crippen LogP contribution < -0.4 is 10.1 Å². The third-order valence-corrected chi connectivity index (χ3v) is 3.80. The molecule has 5 heteroatoms. The van der Waals surface area contributed by atoms with E-state index in [0.717, 1.165) is 24.4 Å². The molecule has 0 saturated heterocycles. The lowest BCUT2D eigenvalue weighted by atomic mass is 10.3. The fourth-order valence-electron chi connectivity index (χ4n) is 2.20. The minimum atomic E-state index is 0.00436. The predicted octanol–water partition coefficient (Wildman–Crippen LogP) is 4.07. The van der Waals surface area contributed by atoms with Crippen LogP contribution in [0.5, 0.6) is 5.75 Å². The zero-order valence-corrected chi connectivity index (χ0v) is 14.6. The highest BCUT2D eigenvalue weighted by Gasteiger charge is 2.05. The number of nitrogens with one attached hydrogen (secondary N) is 1. The van der Waals surface area contributed by atoms with Crippen LogP contribution in [0.2, 0.25) is 5.02 Å². The van der Waals surface area contributed by atoms with Gasteiger partial charge in [0, 0.05) is 30.2 Å². The van der Waals surface area contributed by atoms with Crippen LogP contribution in [-0.4, -0.2) is 37.6 Å². The number of hydrogen-bond donors (Lipinski definition) is 1. The molecule has 1 N–H and O–H groups in total. The Morgan fingerprint density at radius 3 is 2.50 bits per heavy atom. The van der Waals surface area contributed by atoms with E-state index < -0.39 is 0 Å². The molecular formula is C19H23ClN2O2. The lowest BCUT2D eigenvalue weighted by Gasteiger charge is -2.16. The topological polar surface area (TPSA) is 41.6 Å². The molecule has 128 valence electrons. The van der Waals surface area contributed by atoms with Gasteiger partial charge in [-0.25, -0.2) is 0 Å². The maximum atomic E-state index is 11.9. The number of halogens is 1. The van der Waals surface area contributed by atoms with Crippen molar-refractivity contribution in [2.75, 3.05) is 32.1 Å². The van der Waals surface area contributed by atoms with E-state index in [-0.39, 0.29) is 5.91 Å². The average molecular weight is 347 g/mol. The Morgan fingerprint density at radius 1 is 1.08 bits per heavy atom. The number of amides is 1. The van der Waals surface area contributed by atoms with Gasteiger partial charge in [0.2, 0.25) is 5.91 Å². The summed E-state index contributed by atoms with van der Waals surface area (Å²) in [6.07, 6.45) is 1.38. The van der Waals surface area contributed by atoms with Gasteiger partial charge in [0.25, 0.3) is 0 Å². The number of benzene rings is 2. The van der Waals surface area contributed by atoms with Gasteiger partial charge in [-0.15, -0.1) is 0 Å². The highest BCUT2D eigenvalue weighted by atomic mass is 35.5. The molecule has 0 fully saturated rings. The van der Waals surface area contributed by atoms with Crippen molar-refractivity contribution in [3.63, 3.8) is 0 Å². The first-order valence-corrected chi connectivity index (χ1v) is 8.43. The summed E-state index contributed by atoms with van der Waals surface area (Å²) >= 11 is 5.82. The fraction of sp³-hybridized carbons (Fsp3) is 0.316. The summed E-state index contributed by atoms with van der Waals surface area (Å²) in [5, 5.41) is 3.52. The van der Waals surface area contributed by atoms with E-state index >= 15 is 0 Å². The molecule has 24 heavy (non-hydrogen) atoms. The summed E-state index contributed by atoms with van der Waals surface area (Å²) in [6, 6.07) is 16.9. The Labute approximate surface area is 148 Å². The van der Waals surface area contributed by atoms with E-state index in [4.69, 9.17) is 16.3 Å². The van der Waals surface area contributed by atoms with Gasteiger partial charge in [-0.1, -0.05) is 29.8 Å². The van der Waals surface area contributed by atoms with Crippen molar-refractivity contribution in [1.29, 1.82) is 0 Å². The van der Waals surface area contributed by atoms with Crippen LogP contribution in [0, 0.1) is 0 Å². The highest BCUT2D eigenvalue weighted by Crippen LogP contribution is 2.13. The third kappa shape index (κ3) is 7.02. The number of rotatable bonds is 9. The Kier molecular flexibility index (Phi) is 7.59. The maximum absolute atomic E-state index is 11.9. The third-order valence-electron chi connectivity index (χ3n) is 3.54. The molecule has 0 spiro atoms. The Balaban J connectivity index is 1.57. The molecule has 4 nitrogen and oxygen atoms in total. The van der Waals surface area contributed by atoms with E-state index in [1.165, 1.54) is 0 Å². The summed E-state index contributed by atoms with van der Waals surface area (Å²) in [7, 11) is 2.01. The summed E-state index contributed by atoms with van der Waals surface area (Å²) < 4.78 is 5.65. The molecular weight excluding hydrogens is 324 g/mol. The first-order valence-electron chi connectivity index (χ1n) is 8.05. The molecule has 0 aromatic heterocycles. The van der Waals surface area contributed by atoms with Gasteiger partial charge in [0.15, 0.2) is 0 Å². The van der Waals surface area contributed by atoms with Crippen molar-refractivity contribution < 1.29 is 9.53 Å². The summed E-state index contributed by atoms with van der Waals surface area (Å²) in [5.41, 5.74) is 0.767. The second kappa shape index (κ2) is 9.96. The predicted molar refractivity (Wildman–Crippen MR) is 98.7 cm³/mol. The Bertz CT molecular complexity index is 617. The van der Waals surface area contributed by atoms with Crippen molar-refractivity contribution in [1.82, 2.24) is 4.90 Å². The zero-order valence-electron chi connectivity index (χ0n) is 13.9. The van der Waals surface area contributed by atoms with Crippen molar-refractivity contribution in [2.45, 2.75) is 12.8 Å². The van der Waals surface area contributed by atoms with Gasteiger partial charge in [-0.05, 0) is 49.9 Å². The van der Waals surface area contributed by atoms with Gasteiger partial charge in [-0.2, -0.15) is 0 Å². The largest absolute Gasteiger partial charge is 0.494 e. The molecule has 1 amide bonds. The molecule has 2 aromatic carbocycles. The van der Waals surface area contributed by atoms with Gasteiger partial charge in [-0.3, -0.25) is 4.79 Å². The molecule has 0 atom stereocenters. The molecule has 0 saturated carbocycles. The smallest absolute Gasteiger partial charge is 0.225 e. The first kappa shape index (κ1) is 18.3. The Morgan fingerprint density at radius 2 is 1.79 bits per heavy atom. The number of nitrogens with zero attached hydrogens (tertiary/aromatic N) is 1. The van der Waals surface area contributed by atoms with E-state index in [1.807, 2.05) is 37.4 Å². The van der Waals surface area contributed by atoms with E-state index in [2.05, 4.69) is 10.2 Å². The minimum absolute atomic E-state index is 0.00436. The van der Waals surface area contributed by atoms with Gasteiger partial charge < -0.3 is 15.0 Å². The molecule has 0 aliphatic rings. The average Bonchev–Trinajstić information content (AvgIpc) is 2.60. The molecule has 0 radical (unpaired) electrons. The van der Waals surface area contributed by atoms with Gasteiger partial charge in [0.05, 0.1) is 6.61 Å². The number of hydrogen-bond acceptors (Lipinski definition) is 3. The standard InChI is InChI=1S/C19H23ClN2O2/c1-22(13-5-15-24-18-6-3-2-4-7-18)14-12-19(23)21-17-10-8-16(20)9-11-17/h2-4,6-11H,5,12-15H2,1H3,(H,21,23). The normalized spacial score (nSPS) is 10.6. The maximum Gasteiger partial charge on any atom is 0.225 e. The number of anilines is 1. The summed E-state index contributed by atoms with van der Waals surface area (Å²) in [4.78, 5) is 14.1. The highest BCUT2D eigenvalue weighted by molar-refractivity contribution is 6.30. The number of ether oxygens (including phenoxy) is 1. The lowest BCUT2D eigenvalue weighted by molar-refractivity contribution is -0.116. The van der Waals surface area contributed by atoms with Crippen LogP contribution in [0.15, 0.2) is 54.6 Å². The van der Waals surface area contributed by atoms with Crippen LogP contribution in [0.1, 0.15) is 12.8 Å². The van der Waals surface area contributed by atoms with Crippen LogP contribution in [0.25, 0.3) is 0 Å². The fourth-order valence-corrected chi connectivity index (χ4v) is 2.33. The van der Waals surface area contributed by atoms with E-state index in [0.29, 0.717) is 24.6 Å². The second-order valence-electron chi connectivity index (χ2n) is 5.62. The van der Waals surface area contributed by atoms with Crippen molar-refractivity contribution in [2.24, 2.45) is 0 Å². The lowest BCUT2D eigenvalue weighted by Crippen LogP contribution is -2.26. The summed E-state index contributed by atoms with van der Waals surface area (Å²) in [5.74, 6) is 0.896. The minimum Gasteiger partial charge on any atom is -0.494 e. The van der Waals surface area contributed by atoms with Gasteiger partial charge in [0.1, 0.15) is 5.75 Å². The number of para-hydroxylation sites is 1. The van der Waals surface area contributed by atoms with Crippen LogP contribution in [0.3, 0.4) is 0 Å². The SMILES string of the molecule is CN(CCCOc1ccccc1)CCC(=O)Nc1ccc(Cl)cc1. The quantitative estimate of drug-likeness (QED) is 0.696. The van der Waals surface area contributed by atoms with Crippen molar-refractivity contribution >= 4 is 23.2 Å².